The van der Waals surface area contributed by atoms with Gasteiger partial charge >= 0.3 is 6.09 Å². The van der Waals surface area contributed by atoms with E-state index in [1.54, 1.807) is 17.3 Å². The second-order valence-electron chi connectivity index (χ2n) is 7.26. The van der Waals surface area contributed by atoms with Gasteiger partial charge < -0.3 is 18.6 Å². The zero-order valence-electron chi connectivity index (χ0n) is 16.1. The minimum absolute atomic E-state index is 0.0681. The summed E-state index contributed by atoms with van der Waals surface area (Å²) in [4.78, 5) is 22.5. The zero-order chi connectivity index (χ0) is 19.5. The molecule has 8 heteroatoms. The van der Waals surface area contributed by atoms with E-state index in [2.05, 4.69) is 15.1 Å². The van der Waals surface area contributed by atoms with Gasteiger partial charge in [-0.25, -0.2) is 4.79 Å². The summed E-state index contributed by atoms with van der Waals surface area (Å²) < 4.78 is 16.5. The number of fused-ring (bicyclic) bond motifs is 1. The maximum Gasteiger partial charge on any atom is 0.410 e. The van der Waals surface area contributed by atoms with Crippen LogP contribution < -0.4 is 0 Å². The topological polar surface area (TPSA) is 94.5 Å². The van der Waals surface area contributed by atoms with Gasteiger partial charge in [0.15, 0.2) is 5.82 Å². The summed E-state index contributed by atoms with van der Waals surface area (Å²) >= 11 is 0. The molecule has 0 bridgehead atoms. The number of ether oxygens (including phenoxy) is 1. The van der Waals surface area contributed by atoms with Crippen LogP contribution in [0.4, 0.5) is 4.79 Å². The first-order chi connectivity index (χ1) is 13.7. The molecular weight excluding hydrogens is 360 g/mol. The Labute approximate surface area is 162 Å². The molecule has 28 heavy (non-hydrogen) atoms. The van der Waals surface area contributed by atoms with E-state index in [1.807, 2.05) is 26.0 Å². The molecule has 0 spiro atoms. The summed E-state index contributed by atoms with van der Waals surface area (Å²) in [6.07, 6.45) is 6.95. The minimum Gasteiger partial charge on any atom is -0.460 e. The lowest BCUT2D eigenvalue weighted by Gasteiger charge is -2.34. The first kappa shape index (κ1) is 18.5. The molecule has 2 unspecified atom stereocenters. The number of rotatable bonds is 5. The SMILES string of the molecule is CCC(C)OC(=O)N1CCC(C(c2ncon2)c2cc3cnccc3o2)CC1. The molecule has 0 radical (unpaired) electrons. The van der Waals surface area contributed by atoms with Gasteiger partial charge in [0, 0.05) is 30.9 Å². The largest absolute Gasteiger partial charge is 0.460 e. The summed E-state index contributed by atoms with van der Waals surface area (Å²) in [5.74, 6) is 1.51. The predicted octanol–water partition coefficient (Wildman–Crippen LogP) is 3.99. The predicted molar refractivity (Wildman–Crippen MR) is 101 cm³/mol. The molecular formula is C20H24N4O4. The molecule has 1 amide bonds. The molecule has 1 aliphatic rings. The van der Waals surface area contributed by atoms with Crippen LogP contribution in [0.25, 0.3) is 11.0 Å². The highest BCUT2D eigenvalue weighted by atomic mass is 16.6. The average Bonchev–Trinajstić information content (AvgIpc) is 3.38. The number of carbonyl (C=O) groups excluding carboxylic acids is 1. The lowest BCUT2D eigenvalue weighted by atomic mass is 9.82. The van der Waals surface area contributed by atoms with Gasteiger partial charge in [-0.3, -0.25) is 4.98 Å². The Morgan fingerprint density at radius 3 is 2.89 bits per heavy atom. The Balaban J connectivity index is 1.52. The van der Waals surface area contributed by atoms with Gasteiger partial charge in [0.05, 0.1) is 5.92 Å². The quantitative estimate of drug-likeness (QED) is 0.656. The fourth-order valence-electron chi connectivity index (χ4n) is 3.69. The molecule has 0 N–H and O–H groups in total. The molecule has 0 saturated carbocycles. The van der Waals surface area contributed by atoms with E-state index in [0.29, 0.717) is 18.9 Å². The Hall–Kier alpha value is -2.90. The molecule has 4 rings (SSSR count). The van der Waals surface area contributed by atoms with Crippen molar-refractivity contribution in [2.75, 3.05) is 13.1 Å². The van der Waals surface area contributed by atoms with Gasteiger partial charge in [-0.15, -0.1) is 0 Å². The van der Waals surface area contributed by atoms with E-state index in [1.165, 1.54) is 6.39 Å². The molecule has 148 valence electrons. The van der Waals surface area contributed by atoms with Crippen molar-refractivity contribution in [3.63, 3.8) is 0 Å². The van der Waals surface area contributed by atoms with Crippen molar-refractivity contribution in [2.45, 2.75) is 45.1 Å². The number of hydrogen-bond acceptors (Lipinski definition) is 7. The van der Waals surface area contributed by atoms with E-state index in [4.69, 9.17) is 13.7 Å². The lowest BCUT2D eigenvalue weighted by Crippen LogP contribution is -2.41. The number of nitrogens with zero attached hydrogens (tertiary/aromatic N) is 4. The van der Waals surface area contributed by atoms with Gasteiger partial charge in [-0.05, 0) is 44.2 Å². The highest BCUT2D eigenvalue weighted by Gasteiger charge is 2.35. The van der Waals surface area contributed by atoms with Gasteiger partial charge in [0.25, 0.3) is 0 Å². The Bertz CT molecular complexity index is 882. The maximum absolute atomic E-state index is 12.3. The molecule has 0 aliphatic carbocycles. The van der Waals surface area contributed by atoms with Crippen LogP contribution >= 0.6 is 0 Å². The van der Waals surface area contributed by atoms with Crippen LogP contribution in [0.1, 0.15) is 50.6 Å². The van der Waals surface area contributed by atoms with E-state index >= 15 is 0 Å². The van der Waals surface area contributed by atoms with Crippen LogP contribution in [0.15, 0.2) is 39.9 Å². The minimum atomic E-state index is -0.237. The smallest absolute Gasteiger partial charge is 0.410 e. The Morgan fingerprint density at radius 1 is 1.39 bits per heavy atom. The number of pyridine rings is 1. The molecule has 4 heterocycles. The van der Waals surface area contributed by atoms with Gasteiger partial charge in [-0.1, -0.05) is 12.1 Å². The lowest BCUT2D eigenvalue weighted by molar-refractivity contribution is 0.0564. The van der Waals surface area contributed by atoms with Gasteiger partial charge in [0.1, 0.15) is 17.4 Å². The summed E-state index contributed by atoms with van der Waals surface area (Å²) in [7, 11) is 0. The Kier molecular flexibility index (Phi) is 5.27. The monoisotopic (exact) mass is 384 g/mol. The fraction of sp³-hybridized carbons (Fsp3) is 0.500. The molecule has 3 aromatic rings. The maximum atomic E-state index is 12.3. The summed E-state index contributed by atoms with van der Waals surface area (Å²) in [6.45, 7) is 5.18. The van der Waals surface area contributed by atoms with Crippen LogP contribution in [0.2, 0.25) is 0 Å². The third kappa shape index (κ3) is 3.72. The number of amides is 1. The first-order valence-electron chi connectivity index (χ1n) is 9.71. The van der Waals surface area contributed by atoms with E-state index < -0.39 is 0 Å². The van der Waals surface area contributed by atoms with Gasteiger partial charge in [0.2, 0.25) is 6.39 Å². The molecule has 2 atom stereocenters. The number of likely N-dealkylation sites (tertiary alicyclic amines) is 1. The van der Waals surface area contributed by atoms with Crippen molar-refractivity contribution in [1.82, 2.24) is 20.0 Å². The van der Waals surface area contributed by atoms with Crippen molar-refractivity contribution in [3.05, 3.63) is 42.5 Å². The number of aromatic nitrogens is 3. The van der Waals surface area contributed by atoms with Crippen molar-refractivity contribution < 1.29 is 18.5 Å². The summed E-state index contributed by atoms with van der Waals surface area (Å²) in [5.41, 5.74) is 0.785. The fourth-order valence-corrected chi connectivity index (χ4v) is 3.69. The third-order valence-electron chi connectivity index (χ3n) is 5.44. The molecule has 1 aliphatic heterocycles. The molecule has 3 aromatic heterocycles. The van der Waals surface area contributed by atoms with Crippen LogP contribution in [0.3, 0.4) is 0 Å². The number of furan rings is 1. The summed E-state index contributed by atoms with van der Waals surface area (Å²) in [6, 6.07) is 3.84. The van der Waals surface area contributed by atoms with Crippen molar-refractivity contribution in [2.24, 2.45) is 5.92 Å². The first-order valence-corrected chi connectivity index (χ1v) is 9.71. The molecule has 1 saturated heterocycles. The second kappa shape index (κ2) is 8.00. The highest BCUT2D eigenvalue weighted by Crippen LogP contribution is 2.38. The van der Waals surface area contributed by atoms with Crippen molar-refractivity contribution >= 4 is 17.1 Å². The molecule has 0 aromatic carbocycles. The highest BCUT2D eigenvalue weighted by molar-refractivity contribution is 5.76. The van der Waals surface area contributed by atoms with Crippen molar-refractivity contribution in [3.8, 4) is 0 Å². The second-order valence-corrected chi connectivity index (χ2v) is 7.26. The standard InChI is InChI=1S/C20H24N4O4/c1-3-13(2)27-20(25)24-8-5-14(6-9-24)18(19-22-12-26-23-19)17-10-15-11-21-7-4-16(15)28-17/h4,7,10-14,18H,3,5-6,8-9H2,1-2H3. The van der Waals surface area contributed by atoms with Gasteiger partial charge in [-0.2, -0.15) is 4.98 Å². The normalized spacial score (nSPS) is 17.6. The zero-order valence-corrected chi connectivity index (χ0v) is 16.1. The Morgan fingerprint density at radius 2 is 2.21 bits per heavy atom. The van der Waals surface area contributed by atoms with Crippen LogP contribution in [-0.2, 0) is 4.74 Å². The average molecular weight is 384 g/mol. The van der Waals surface area contributed by atoms with E-state index in [-0.39, 0.29) is 24.0 Å². The van der Waals surface area contributed by atoms with E-state index in [9.17, 15) is 4.79 Å². The van der Waals surface area contributed by atoms with Crippen LogP contribution in [-0.4, -0.2) is 45.3 Å². The molecule has 1 fully saturated rings. The van der Waals surface area contributed by atoms with Crippen molar-refractivity contribution in [1.29, 1.82) is 0 Å². The number of hydrogen-bond donors (Lipinski definition) is 0. The summed E-state index contributed by atoms with van der Waals surface area (Å²) in [5, 5.41) is 5.02. The van der Waals surface area contributed by atoms with E-state index in [0.717, 1.165) is 36.0 Å². The van der Waals surface area contributed by atoms with Crippen LogP contribution in [0.5, 0.6) is 0 Å². The molecule has 8 nitrogen and oxygen atoms in total. The number of piperidine rings is 1. The third-order valence-corrected chi connectivity index (χ3v) is 5.44. The van der Waals surface area contributed by atoms with Crippen LogP contribution in [0, 0.1) is 5.92 Å². The number of carbonyl (C=O) groups is 1.